The van der Waals surface area contributed by atoms with Gasteiger partial charge in [-0.2, -0.15) is 0 Å². The Morgan fingerprint density at radius 3 is 2.52 bits per heavy atom. The van der Waals surface area contributed by atoms with Crippen LogP contribution in [0.1, 0.15) is 48.0 Å². The number of hydrogen-bond donors (Lipinski definition) is 1. The molecule has 1 aliphatic rings. The lowest BCUT2D eigenvalue weighted by molar-refractivity contribution is -0.0746. The lowest BCUT2D eigenvalue weighted by Crippen LogP contribution is -2.47. The molecule has 4 heteroatoms. The van der Waals surface area contributed by atoms with E-state index in [9.17, 15) is 0 Å². The molecule has 0 spiro atoms. The van der Waals surface area contributed by atoms with Crippen LogP contribution in [0.15, 0.2) is 0 Å². The Bertz CT molecular complexity index is 281. The molecule has 0 aromatic heterocycles. The van der Waals surface area contributed by atoms with Crippen molar-refractivity contribution in [2.45, 2.75) is 59.6 Å². The number of nitrogens with one attached hydrogen (secondary N) is 1. The van der Waals surface area contributed by atoms with E-state index in [1.54, 1.807) is 0 Å². The lowest BCUT2D eigenvalue weighted by atomic mass is 9.96. The van der Waals surface area contributed by atoms with E-state index < -0.39 is 0 Å². The summed E-state index contributed by atoms with van der Waals surface area (Å²) < 4.78 is 11.6. The number of morpholine rings is 1. The third-order valence-electron chi connectivity index (χ3n) is 3.35. The minimum absolute atomic E-state index is 0.194. The fourth-order valence-corrected chi connectivity index (χ4v) is 2.55. The van der Waals surface area contributed by atoms with Crippen LogP contribution in [-0.4, -0.2) is 62.5 Å². The summed E-state index contributed by atoms with van der Waals surface area (Å²) >= 11 is 0. The molecule has 0 radical (unpaired) electrons. The van der Waals surface area contributed by atoms with Gasteiger partial charge in [-0.3, -0.25) is 4.90 Å². The van der Waals surface area contributed by atoms with Crippen LogP contribution in [0.25, 0.3) is 0 Å². The lowest BCUT2D eigenvalue weighted by Gasteiger charge is -2.36. The Kier molecular flexibility index (Phi) is 7.62. The zero-order valence-corrected chi connectivity index (χ0v) is 15.0. The first-order chi connectivity index (χ1) is 9.66. The third kappa shape index (κ3) is 10.2. The maximum Gasteiger partial charge on any atom is 0.0935 e. The maximum absolute atomic E-state index is 5.80. The zero-order chi connectivity index (χ0) is 15.9. The van der Waals surface area contributed by atoms with Crippen LogP contribution in [0.3, 0.4) is 0 Å². The highest BCUT2D eigenvalue weighted by molar-refractivity contribution is 4.76. The van der Waals surface area contributed by atoms with Gasteiger partial charge in [0.25, 0.3) is 0 Å². The first-order valence-corrected chi connectivity index (χ1v) is 8.32. The second kappa shape index (κ2) is 8.47. The monoisotopic (exact) mass is 300 g/mol. The van der Waals surface area contributed by atoms with Crippen molar-refractivity contribution in [3.8, 4) is 0 Å². The average molecular weight is 300 g/mol. The van der Waals surface area contributed by atoms with Gasteiger partial charge >= 0.3 is 0 Å². The minimum Gasteiger partial charge on any atom is -0.379 e. The molecular weight excluding hydrogens is 264 g/mol. The largest absolute Gasteiger partial charge is 0.379 e. The van der Waals surface area contributed by atoms with Gasteiger partial charge in [0.1, 0.15) is 0 Å². The van der Waals surface area contributed by atoms with Crippen LogP contribution in [0.2, 0.25) is 0 Å². The molecule has 126 valence electrons. The molecule has 4 nitrogen and oxygen atoms in total. The predicted octanol–water partition coefficient (Wildman–Crippen LogP) is 2.53. The minimum atomic E-state index is 0.194. The smallest absolute Gasteiger partial charge is 0.0935 e. The van der Waals surface area contributed by atoms with Gasteiger partial charge in [-0.15, -0.1) is 0 Å². The van der Waals surface area contributed by atoms with Gasteiger partial charge in [-0.1, -0.05) is 20.8 Å². The Morgan fingerprint density at radius 1 is 1.19 bits per heavy atom. The molecule has 1 fully saturated rings. The quantitative estimate of drug-likeness (QED) is 0.733. The summed E-state index contributed by atoms with van der Waals surface area (Å²) in [5.41, 5.74) is 0.543. The molecule has 1 atom stereocenters. The van der Waals surface area contributed by atoms with Crippen LogP contribution < -0.4 is 5.32 Å². The van der Waals surface area contributed by atoms with E-state index in [-0.39, 0.29) is 11.6 Å². The highest BCUT2D eigenvalue weighted by atomic mass is 16.5. The molecule has 0 amide bonds. The molecule has 21 heavy (non-hydrogen) atoms. The van der Waals surface area contributed by atoms with Crippen molar-refractivity contribution >= 4 is 0 Å². The number of hydrogen-bond acceptors (Lipinski definition) is 4. The highest BCUT2D eigenvalue weighted by Crippen LogP contribution is 2.17. The molecule has 1 aliphatic heterocycles. The van der Waals surface area contributed by atoms with E-state index in [1.807, 2.05) is 0 Å². The Balaban J connectivity index is 2.09. The molecular formula is C17H36N2O2. The molecule has 1 N–H and O–H groups in total. The summed E-state index contributed by atoms with van der Waals surface area (Å²) in [6.45, 7) is 20.0. The summed E-state index contributed by atoms with van der Waals surface area (Å²) in [7, 11) is 0. The van der Waals surface area contributed by atoms with E-state index in [2.05, 4.69) is 51.8 Å². The topological polar surface area (TPSA) is 33.7 Å². The molecule has 0 bridgehead atoms. The fourth-order valence-electron chi connectivity index (χ4n) is 2.55. The molecule has 0 saturated carbocycles. The van der Waals surface area contributed by atoms with Crippen molar-refractivity contribution in [3.05, 3.63) is 0 Å². The van der Waals surface area contributed by atoms with Gasteiger partial charge in [0.15, 0.2) is 0 Å². The summed E-state index contributed by atoms with van der Waals surface area (Å²) in [6, 6.07) is 0. The van der Waals surface area contributed by atoms with Crippen molar-refractivity contribution in [2.24, 2.45) is 5.41 Å². The molecule has 0 aliphatic carbocycles. The van der Waals surface area contributed by atoms with Crippen molar-refractivity contribution in [2.75, 3.05) is 46.0 Å². The number of rotatable bonds is 7. The van der Waals surface area contributed by atoms with E-state index in [1.165, 1.54) is 0 Å². The fraction of sp³-hybridized carbons (Fsp3) is 1.00. The molecule has 1 saturated heterocycles. The van der Waals surface area contributed by atoms with Crippen molar-refractivity contribution in [3.63, 3.8) is 0 Å². The molecule has 1 rings (SSSR count). The van der Waals surface area contributed by atoms with Crippen LogP contribution in [-0.2, 0) is 9.47 Å². The first-order valence-electron chi connectivity index (χ1n) is 8.32. The highest BCUT2D eigenvalue weighted by Gasteiger charge is 2.24. The van der Waals surface area contributed by atoms with Gasteiger partial charge < -0.3 is 14.8 Å². The van der Waals surface area contributed by atoms with Crippen molar-refractivity contribution in [1.29, 1.82) is 0 Å². The second-order valence-corrected chi connectivity index (χ2v) is 8.39. The van der Waals surface area contributed by atoms with E-state index in [4.69, 9.17) is 9.47 Å². The van der Waals surface area contributed by atoms with E-state index in [0.29, 0.717) is 5.41 Å². The zero-order valence-electron chi connectivity index (χ0n) is 15.0. The van der Waals surface area contributed by atoms with Crippen LogP contribution in [0.4, 0.5) is 0 Å². The van der Waals surface area contributed by atoms with Gasteiger partial charge in [0.05, 0.1) is 19.3 Å². The molecule has 0 aromatic rings. The summed E-state index contributed by atoms with van der Waals surface area (Å²) in [4.78, 5) is 2.50. The van der Waals surface area contributed by atoms with Gasteiger partial charge in [0.2, 0.25) is 0 Å². The van der Waals surface area contributed by atoms with Crippen LogP contribution >= 0.6 is 0 Å². The number of nitrogens with zero attached hydrogens (tertiary/aromatic N) is 1. The van der Waals surface area contributed by atoms with Crippen molar-refractivity contribution < 1.29 is 9.47 Å². The summed E-state index contributed by atoms with van der Waals surface area (Å²) in [5, 5.41) is 3.47. The predicted molar refractivity (Wildman–Crippen MR) is 88.8 cm³/mol. The van der Waals surface area contributed by atoms with Gasteiger partial charge in [-0.25, -0.2) is 0 Å². The average Bonchev–Trinajstić information content (AvgIpc) is 2.30. The summed E-state index contributed by atoms with van der Waals surface area (Å²) in [5.74, 6) is 0. The summed E-state index contributed by atoms with van der Waals surface area (Å²) in [6.07, 6.45) is 1.28. The van der Waals surface area contributed by atoms with Crippen molar-refractivity contribution in [1.82, 2.24) is 10.2 Å². The SMILES string of the molecule is CC(C)(C)CN1CCO[C@H](COCCCNC(C)(C)C)C1. The second-order valence-electron chi connectivity index (χ2n) is 8.39. The van der Waals surface area contributed by atoms with E-state index >= 15 is 0 Å². The Hall–Kier alpha value is -0.160. The number of ether oxygens (including phenoxy) is 2. The maximum atomic E-state index is 5.80. The van der Waals surface area contributed by atoms with Crippen LogP contribution in [0, 0.1) is 5.41 Å². The van der Waals surface area contributed by atoms with Gasteiger partial charge in [0, 0.05) is 31.8 Å². The molecule has 1 heterocycles. The van der Waals surface area contributed by atoms with E-state index in [0.717, 1.165) is 52.4 Å². The molecule has 0 aromatic carbocycles. The first kappa shape index (κ1) is 18.9. The van der Waals surface area contributed by atoms with Gasteiger partial charge in [-0.05, 0) is 39.2 Å². The Morgan fingerprint density at radius 2 is 1.90 bits per heavy atom. The standard InChI is InChI=1S/C17H36N2O2/c1-16(2,3)14-19-9-11-21-15(12-19)13-20-10-7-8-18-17(4,5)6/h15,18H,7-14H2,1-6H3/t15-/m0/s1. The molecule has 0 unspecified atom stereocenters. The normalized spacial score (nSPS) is 21.7. The third-order valence-corrected chi connectivity index (χ3v) is 3.35. The Labute approximate surface area is 131 Å². The van der Waals surface area contributed by atoms with Crippen LogP contribution in [0.5, 0.6) is 0 Å².